The molecule has 94 valence electrons. The SMILES string of the molecule is CC1CN(c2cc(Cl)cc(N)c2CN)CCN1. The van der Waals surface area contributed by atoms with Crippen LogP contribution >= 0.6 is 11.6 Å². The summed E-state index contributed by atoms with van der Waals surface area (Å²) in [6.45, 7) is 5.49. The highest BCUT2D eigenvalue weighted by atomic mass is 35.5. The van der Waals surface area contributed by atoms with Gasteiger partial charge in [0.05, 0.1) is 0 Å². The van der Waals surface area contributed by atoms with E-state index in [2.05, 4.69) is 17.1 Å². The molecule has 17 heavy (non-hydrogen) atoms. The maximum atomic E-state index is 6.07. The van der Waals surface area contributed by atoms with Crippen molar-refractivity contribution in [3.63, 3.8) is 0 Å². The molecule has 1 aromatic carbocycles. The predicted octanol–water partition coefficient (Wildman–Crippen LogP) is 1.18. The number of hydrogen-bond acceptors (Lipinski definition) is 4. The van der Waals surface area contributed by atoms with Gasteiger partial charge in [-0.1, -0.05) is 11.6 Å². The maximum absolute atomic E-state index is 6.07. The van der Waals surface area contributed by atoms with E-state index < -0.39 is 0 Å². The van der Waals surface area contributed by atoms with Gasteiger partial charge in [-0.05, 0) is 19.1 Å². The molecule has 1 unspecified atom stereocenters. The topological polar surface area (TPSA) is 67.3 Å². The van der Waals surface area contributed by atoms with Gasteiger partial charge in [-0.3, -0.25) is 0 Å². The molecule has 0 radical (unpaired) electrons. The van der Waals surface area contributed by atoms with E-state index in [0.717, 1.165) is 30.9 Å². The molecule has 0 aliphatic carbocycles. The fourth-order valence-corrected chi connectivity index (χ4v) is 2.52. The quantitative estimate of drug-likeness (QED) is 0.694. The number of nitrogens with one attached hydrogen (secondary N) is 1. The second-order valence-corrected chi connectivity index (χ2v) is 4.93. The summed E-state index contributed by atoms with van der Waals surface area (Å²) in [5.41, 5.74) is 14.5. The van der Waals surface area contributed by atoms with Crippen LogP contribution in [0.1, 0.15) is 12.5 Å². The second kappa shape index (κ2) is 5.12. The summed E-state index contributed by atoms with van der Waals surface area (Å²) < 4.78 is 0. The molecule has 5 N–H and O–H groups in total. The van der Waals surface area contributed by atoms with Crippen molar-refractivity contribution in [2.75, 3.05) is 30.3 Å². The number of nitrogens with two attached hydrogens (primary N) is 2. The van der Waals surface area contributed by atoms with Gasteiger partial charge in [0.25, 0.3) is 0 Å². The van der Waals surface area contributed by atoms with Crippen molar-refractivity contribution in [1.29, 1.82) is 0 Å². The average molecular weight is 255 g/mol. The van der Waals surface area contributed by atoms with E-state index in [0.29, 0.717) is 23.3 Å². The summed E-state index contributed by atoms with van der Waals surface area (Å²) in [5, 5.41) is 4.08. The van der Waals surface area contributed by atoms with Crippen molar-refractivity contribution >= 4 is 23.0 Å². The van der Waals surface area contributed by atoms with Crippen LogP contribution < -0.4 is 21.7 Å². The van der Waals surface area contributed by atoms with Gasteiger partial charge < -0.3 is 21.7 Å². The Kier molecular flexibility index (Phi) is 3.76. The third kappa shape index (κ3) is 2.65. The molecule has 1 atom stereocenters. The van der Waals surface area contributed by atoms with Gasteiger partial charge in [-0.2, -0.15) is 0 Å². The van der Waals surface area contributed by atoms with Gasteiger partial charge in [0, 0.05) is 54.2 Å². The Labute approximate surface area is 107 Å². The minimum atomic E-state index is 0.441. The number of hydrogen-bond donors (Lipinski definition) is 3. The highest BCUT2D eigenvalue weighted by Crippen LogP contribution is 2.30. The molecule has 1 aliphatic heterocycles. The van der Waals surface area contributed by atoms with Crippen molar-refractivity contribution in [3.05, 3.63) is 22.7 Å². The van der Waals surface area contributed by atoms with Gasteiger partial charge in [0.1, 0.15) is 0 Å². The van der Waals surface area contributed by atoms with Crippen molar-refractivity contribution in [1.82, 2.24) is 5.32 Å². The zero-order valence-electron chi connectivity index (χ0n) is 10.0. The fourth-order valence-electron chi connectivity index (χ4n) is 2.30. The zero-order valence-corrected chi connectivity index (χ0v) is 10.8. The summed E-state index contributed by atoms with van der Waals surface area (Å²) in [5.74, 6) is 0. The Balaban J connectivity index is 2.35. The Hall–Kier alpha value is -0.970. The highest BCUT2D eigenvalue weighted by molar-refractivity contribution is 6.31. The molecular weight excluding hydrogens is 236 g/mol. The molecule has 1 aliphatic rings. The molecule has 1 fully saturated rings. The normalized spacial score (nSPS) is 20.6. The largest absolute Gasteiger partial charge is 0.398 e. The van der Waals surface area contributed by atoms with E-state index in [1.807, 2.05) is 6.07 Å². The van der Waals surface area contributed by atoms with Crippen LogP contribution in [0, 0.1) is 0 Å². The van der Waals surface area contributed by atoms with E-state index in [4.69, 9.17) is 23.1 Å². The van der Waals surface area contributed by atoms with Crippen LogP contribution in [0.4, 0.5) is 11.4 Å². The molecule has 0 saturated carbocycles. The van der Waals surface area contributed by atoms with E-state index in [-0.39, 0.29) is 0 Å². The molecule has 4 nitrogen and oxygen atoms in total. The first-order chi connectivity index (χ1) is 8.11. The minimum absolute atomic E-state index is 0.441. The van der Waals surface area contributed by atoms with Crippen molar-refractivity contribution < 1.29 is 0 Å². The smallest absolute Gasteiger partial charge is 0.0448 e. The van der Waals surface area contributed by atoms with Gasteiger partial charge in [0.2, 0.25) is 0 Å². The molecule has 1 heterocycles. The summed E-state index contributed by atoms with van der Waals surface area (Å²) >= 11 is 6.07. The Morgan fingerprint density at radius 3 is 2.94 bits per heavy atom. The Morgan fingerprint density at radius 2 is 2.29 bits per heavy atom. The van der Waals surface area contributed by atoms with Gasteiger partial charge in [-0.15, -0.1) is 0 Å². The van der Waals surface area contributed by atoms with Crippen LogP contribution in [-0.4, -0.2) is 25.7 Å². The zero-order chi connectivity index (χ0) is 12.4. The molecule has 0 aromatic heterocycles. The third-order valence-corrected chi connectivity index (χ3v) is 3.36. The van der Waals surface area contributed by atoms with Crippen molar-refractivity contribution in [2.45, 2.75) is 19.5 Å². The van der Waals surface area contributed by atoms with E-state index in [1.54, 1.807) is 6.07 Å². The van der Waals surface area contributed by atoms with Crippen molar-refractivity contribution in [3.8, 4) is 0 Å². The number of rotatable bonds is 2. The predicted molar refractivity (Wildman–Crippen MR) is 73.4 cm³/mol. The first kappa shape index (κ1) is 12.5. The second-order valence-electron chi connectivity index (χ2n) is 4.50. The van der Waals surface area contributed by atoms with E-state index in [1.165, 1.54) is 0 Å². The van der Waals surface area contributed by atoms with Crippen LogP contribution in [0.2, 0.25) is 5.02 Å². The molecule has 1 saturated heterocycles. The van der Waals surface area contributed by atoms with Crippen LogP contribution in [0.15, 0.2) is 12.1 Å². The lowest BCUT2D eigenvalue weighted by Crippen LogP contribution is -2.49. The first-order valence-electron chi connectivity index (χ1n) is 5.88. The summed E-state index contributed by atoms with van der Waals surface area (Å²) in [6.07, 6.45) is 0. The average Bonchev–Trinajstić information content (AvgIpc) is 2.28. The maximum Gasteiger partial charge on any atom is 0.0448 e. The third-order valence-electron chi connectivity index (χ3n) is 3.14. The number of benzene rings is 1. The Bertz CT molecular complexity index is 408. The summed E-state index contributed by atoms with van der Waals surface area (Å²) in [6, 6.07) is 4.19. The fraction of sp³-hybridized carbons (Fsp3) is 0.500. The van der Waals surface area contributed by atoms with Crippen LogP contribution in [-0.2, 0) is 6.54 Å². The van der Waals surface area contributed by atoms with Crippen LogP contribution in [0.5, 0.6) is 0 Å². The molecule has 2 rings (SSSR count). The van der Waals surface area contributed by atoms with Crippen molar-refractivity contribution in [2.24, 2.45) is 5.73 Å². The number of halogens is 1. The van der Waals surface area contributed by atoms with Gasteiger partial charge >= 0.3 is 0 Å². The molecule has 0 spiro atoms. The number of nitrogen functional groups attached to an aromatic ring is 1. The lowest BCUT2D eigenvalue weighted by Gasteiger charge is -2.35. The van der Waals surface area contributed by atoms with E-state index >= 15 is 0 Å². The monoisotopic (exact) mass is 254 g/mol. The van der Waals surface area contributed by atoms with Crippen LogP contribution in [0.3, 0.4) is 0 Å². The molecule has 1 aromatic rings. The minimum Gasteiger partial charge on any atom is -0.398 e. The number of piperazine rings is 1. The van der Waals surface area contributed by atoms with Crippen LogP contribution in [0.25, 0.3) is 0 Å². The molecule has 0 bridgehead atoms. The Morgan fingerprint density at radius 1 is 1.53 bits per heavy atom. The summed E-state index contributed by atoms with van der Waals surface area (Å²) in [4.78, 5) is 2.30. The molecule has 5 heteroatoms. The van der Waals surface area contributed by atoms with E-state index in [9.17, 15) is 0 Å². The standard InChI is InChI=1S/C12H19ClN4/c1-8-7-17(3-2-16-8)12-5-9(13)4-11(15)10(12)6-14/h4-5,8,16H,2-3,6-7,14-15H2,1H3. The van der Waals surface area contributed by atoms with Gasteiger partial charge in [-0.25, -0.2) is 0 Å². The summed E-state index contributed by atoms with van der Waals surface area (Å²) in [7, 11) is 0. The lowest BCUT2D eigenvalue weighted by molar-refractivity contribution is 0.484. The molecular formula is C12H19ClN4. The molecule has 0 amide bonds. The van der Waals surface area contributed by atoms with Gasteiger partial charge in [0.15, 0.2) is 0 Å². The number of anilines is 2. The highest BCUT2D eigenvalue weighted by Gasteiger charge is 2.19. The first-order valence-corrected chi connectivity index (χ1v) is 6.26. The lowest BCUT2D eigenvalue weighted by atomic mass is 10.1. The number of nitrogens with zero attached hydrogens (tertiary/aromatic N) is 1.